The van der Waals surface area contributed by atoms with Gasteiger partial charge in [-0.1, -0.05) is 11.6 Å². The van der Waals surface area contributed by atoms with Crippen LogP contribution in [0.25, 0.3) is 0 Å². The Bertz CT molecular complexity index is 377. The zero-order valence-corrected chi connectivity index (χ0v) is 8.57. The molecule has 1 fully saturated rings. The molecule has 1 aromatic carbocycles. The monoisotopic (exact) mass is 215 g/mol. The number of nitrogens with two attached hydrogens (primary N) is 1. The Morgan fingerprint density at radius 2 is 2.14 bits per heavy atom. The number of benzene rings is 1. The summed E-state index contributed by atoms with van der Waals surface area (Å²) in [7, 11) is 1.50. The Kier molecular flexibility index (Phi) is 2.16. The molecular weight excluding hydrogens is 205 g/mol. The van der Waals surface area contributed by atoms with Gasteiger partial charge >= 0.3 is 0 Å². The highest BCUT2D eigenvalue weighted by molar-refractivity contribution is 6.33. The average molecular weight is 216 g/mol. The van der Waals surface area contributed by atoms with Gasteiger partial charge in [0.05, 0.1) is 12.1 Å². The second kappa shape index (κ2) is 3.11. The van der Waals surface area contributed by atoms with Crippen molar-refractivity contribution in [2.75, 3.05) is 7.11 Å². The van der Waals surface area contributed by atoms with Gasteiger partial charge in [0, 0.05) is 11.1 Å². The van der Waals surface area contributed by atoms with E-state index in [1.165, 1.54) is 19.2 Å². The first-order valence-corrected chi connectivity index (χ1v) is 4.77. The van der Waals surface area contributed by atoms with Crippen LogP contribution in [0.3, 0.4) is 0 Å². The molecule has 76 valence electrons. The summed E-state index contributed by atoms with van der Waals surface area (Å²) in [4.78, 5) is 0. The summed E-state index contributed by atoms with van der Waals surface area (Å²) in [5, 5.41) is 0.299. The molecule has 1 aromatic rings. The highest BCUT2D eigenvalue weighted by atomic mass is 35.5. The lowest BCUT2D eigenvalue weighted by atomic mass is 10.0. The number of methoxy groups -OCH3 is 1. The summed E-state index contributed by atoms with van der Waals surface area (Å²) in [6, 6.07) is 2.85. The van der Waals surface area contributed by atoms with Gasteiger partial charge in [0.2, 0.25) is 0 Å². The summed E-state index contributed by atoms with van der Waals surface area (Å²) >= 11 is 5.99. The fraction of sp³-hybridized carbons (Fsp3) is 0.400. The van der Waals surface area contributed by atoms with E-state index in [1.807, 2.05) is 0 Å². The molecule has 4 heteroatoms. The lowest BCUT2D eigenvalue weighted by Crippen LogP contribution is -2.21. The first-order chi connectivity index (χ1) is 6.58. The van der Waals surface area contributed by atoms with Crippen LogP contribution < -0.4 is 10.5 Å². The van der Waals surface area contributed by atoms with Gasteiger partial charge in [0.15, 0.2) is 0 Å². The number of hydrogen-bond donors (Lipinski definition) is 1. The van der Waals surface area contributed by atoms with Crippen LogP contribution in [0.5, 0.6) is 5.75 Å². The Balaban J connectivity index is 2.56. The van der Waals surface area contributed by atoms with Crippen LogP contribution in [-0.4, -0.2) is 7.11 Å². The van der Waals surface area contributed by atoms with Gasteiger partial charge in [0.25, 0.3) is 0 Å². The van der Waals surface area contributed by atoms with Crippen LogP contribution in [0, 0.1) is 5.82 Å². The molecule has 1 aliphatic carbocycles. The highest BCUT2D eigenvalue weighted by Gasteiger charge is 2.44. The fourth-order valence-electron chi connectivity index (χ4n) is 1.53. The molecule has 14 heavy (non-hydrogen) atoms. The van der Waals surface area contributed by atoms with E-state index >= 15 is 0 Å². The highest BCUT2D eigenvalue weighted by Crippen LogP contribution is 2.48. The molecule has 2 N–H and O–H groups in total. The van der Waals surface area contributed by atoms with Crippen molar-refractivity contribution < 1.29 is 9.13 Å². The van der Waals surface area contributed by atoms with E-state index in [4.69, 9.17) is 22.1 Å². The molecule has 0 saturated heterocycles. The van der Waals surface area contributed by atoms with Gasteiger partial charge in [-0.3, -0.25) is 0 Å². The van der Waals surface area contributed by atoms with E-state index in [-0.39, 0.29) is 5.82 Å². The van der Waals surface area contributed by atoms with Crippen molar-refractivity contribution in [2.24, 2.45) is 5.73 Å². The molecule has 0 bridgehead atoms. The normalized spacial score (nSPS) is 18.0. The van der Waals surface area contributed by atoms with Crippen LogP contribution in [0.4, 0.5) is 4.39 Å². The second-order valence-corrected chi connectivity index (χ2v) is 3.97. The van der Waals surface area contributed by atoms with Crippen LogP contribution >= 0.6 is 11.6 Å². The molecule has 0 aromatic heterocycles. The average Bonchev–Trinajstić information content (AvgIpc) is 2.85. The molecule has 1 saturated carbocycles. The van der Waals surface area contributed by atoms with E-state index in [0.29, 0.717) is 16.3 Å². The molecule has 0 heterocycles. The number of hydrogen-bond acceptors (Lipinski definition) is 2. The molecule has 0 aliphatic heterocycles. The molecule has 0 unspecified atom stereocenters. The third-order valence-electron chi connectivity index (χ3n) is 2.56. The maximum absolute atomic E-state index is 13.5. The van der Waals surface area contributed by atoms with Crippen molar-refractivity contribution in [2.45, 2.75) is 18.4 Å². The molecule has 1 aliphatic rings. The van der Waals surface area contributed by atoms with Crippen molar-refractivity contribution in [1.82, 2.24) is 0 Å². The third-order valence-corrected chi connectivity index (χ3v) is 2.94. The molecule has 0 radical (unpaired) electrons. The summed E-state index contributed by atoms with van der Waals surface area (Å²) in [6.07, 6.45) is 1.55. The summed E-state index contributed by atoms with van der Waals surface area (Å²) in [5.74, 6) is 0.121. The predicted octanol–water partition coefficient (Wildman–Crippen LogP) is 2.44. The van der Waals surface area contributed by atoms with E-state index in [9.17, 15) is 4.39 Å². The van der Waals surface area contributed by atoms with Crippen molar-refractivity contribution in [3.05, 3.63) is 28.5 Å². The third kappa shape index (κ3) is 1.37. The first kappa shape index (κ1) is 9.74. The molecule has 2 rings (SSSR count). The van der Waals surface area contributed by atoms with E-state index in [0.717, 1.165) is 12.8 Å². The van der Waals surface area contributed by atoms with Gasteiger partial charge < -0.3 is 10.5 Å². The van der Waals surface area contributed by atoms with Crippen LogP contribution in [0.2, 0.25) is 5.02 Å². The molecule has 0 amide bonds. The van der Waals surface area contributed by atoms with Crippen molar-refractivity contribution >= 4 is 11.6 Å². The minimum absolute atomic E-state index is 0.299. The summed E-state index contributed by atoms with van der Waals surface area (Å²) < 4.78 is 18.5. The smallest absolute Gasteiger partial charge is 0.138 e. The Labute approximate surface area is 86.8 Å². The Hall–Kier alpha value is -0.800. The van der Waals surface area contributed by atoms with Gasteiger partial charge in [-0.2, -0.15) is 0 Å². The first-order valence-electron chi connectivity index (χ1n) is 4.40. The zero-order valence-electron chi connectivity index (χ0n) is 7.81. The Morgan fingerprint density at radius 3 is 2.64 bits per heavy atom. The number of halogens is 2. The molecule has 2 nitrogen and oxygen atoms in total. The van der Waals surface area contributed by atoms with E-state index < -0.39 is 5.54 Å². The lowest BCUT2D eigenvalue weighted by Gasteiger charge is -2.14. The maximum atomic E-state index is 13.5. The second-order valence-electron chi connectivity index (χ2n) is 3.59. The molecule has 0 spiro atoms. The van der Waals surface area contributed by atoms with Gasteiger partial charge in [0.1, 0.15) is 11.6 Å². The summed E-state index contributed by atoms with van der Waals surface area (Å²) in [5.41, 5.74) is 5.73. The minimum atomic E-state index is -0.574. The van der Waals surface area contributed by atoms with E-state index in [2.05, 4.69) is 0 Å². The quantitative estimate of drug-likeness (QED) is 0.823. The van der Waals surface area contributed by atoms with Crippen LogP contribution in [-0.2, 0) is 5.54 Å². The minimum Gasteiger partial charge on any atom is -0.495 e. The lowest BCUT2D eigenvalue weighted by molar-refractivity contribution is 0.412. The van der Waals surface area contributed by atoms with Crippen LogP contribution in [0.1, 0.15) is 18.4 Å². The van der Waals surface area contributed by atoms with Crippen molar-refractivity contribution in [1.29, 1.82) is 0 Å². The van der Waals surface area contributed by atoms with Gasteiger partial charge in [-0.25, -0.2) is 4.39 Å². The number of ether oxygens (including phenoxy) is 1. The summed E-state index contributed by atoms with van der Waals surface area (Å²) in [6.45, 7) is 0. The standard InChI is InChI=1S/C10H11ClFNO/c1-14-7-3-2-6(12)8(9(7)11)10(13)4-5-10/h2-3H,4-5,13H2,1H3. The van der Waals surface area contributed by atoms with Crippen molar-refractivity contribution in [3.63, 3.8) is 0 Å². The van der Waals surface area contributed by atoms with Crippen molar-refractivity contribution in [3.8, 4) is 5.75 Å². The van der Waals surface area contributed by atoms with Gasteiger partial charge in [-0.15, -0.1) is 0 Å². The van der Waals surface area contributed by atoms with Gasteiger partial charge in [-0.05, 0) is 25.0 Å². The fourth-order valence-corrected chi connectivity index (χ4v) is 1.95. The largest absolute Gasteiger partial charge is 0.495 e. The topological polar surface area (TPSA) is 35.2 Å². The SMILES string of the molecule is COc1ccc(F)c(C2(N)CC2)c1Cl. The number of rotatable bonds is 2. The Morgan fingerprint density at radius 1 is 1.50 bits per heavy atom. The maximum Gasteiger partial charge on any atom is 0.138 e. The van der Waals surface area contributed by atoms with E-state index in [1.54, 1.807) is 0 Å². The van der Waals surface area contributed by atoms with Crippen LogP contribution in [0.15, 0.2) is 12.1 Å². The molecular formula is C10H11ClFNO. The molecule has 0 atom stereocenters. The zero-order chi connectivity index (χ0) is 10.3. The predicted molar refractivity (Wildman–Crippen MR) is 53.1 cm³/mol.